The number of aliphatic imine (C=N–C) groups is 1. The molecule has 1 rings (SSSR count). The molecule has 0 fully saturated rings. The van der Waals surface area contributed by atoms with Crippen LogP contribution in [-0.2, 0) is 11.3 Å². The molecule has 2 nitrogen and oxygen atoms in total. The zero-order chi connectivity index (χ0) is 9.68. The molecule has 0 bridgehead atoms. The molecule has 0 heterocycles. The summed E-state index contributed by atoms with van der Waals surface area (Å²) in [6.45, 7) is 0.345. The summed E-state index contributed by atoms with van der Waals surface area (Å²) in [5.41, 5.74) is 0.931. The standard InChI is InChI=1S/C9H8ClNOS/c1-13-9-3-7(5-11-6-12)2-8(10)4-9/h2-4H,5H2,1H3. The molecule has 0 spiro atoms. The van der Waals surface area contributed by atoms with Crippen molar-refractivity contribution in [2.24, 2.45) is 4.99 Å². The number of hydrogen-bond acceptors (Lipinski definition) is 3. The zero-order valence-corrected chi connectivity index (χ0v) is 8.65. The number of nitrogens with zero attached hydrogens (tertiary/aromatic N) is 1. The maximum absolute atomic E-state index is 9.89. The molecule has 0 aliphatic rings. The van der Waals surface area contributed by atoms with Crippen LogP contribution in [0.25, 0.3) is 0 Å². The van der Waals surface area contributed by atoms with Gasteiger partial charge in [-0.05, 0) is 30.0 Å². The van der Waals surface area contributed by atoms with Gasteiger partial charge in [0, 0.05) is 9.92 Å². The molecule has 0 N–H and O–H groups in total. The number of carbonyl (C=O) groups excluding carboxylic acids is 1. The number of rotatable bonds is 3. The van der Waals surface area contributed by atoms with Crippen LogP contribution < -0.4 is 0 Å². The van der Waals surface area contributed by atoms with Gasteiger partial charge in [-0.2, -0.15) is 0 Å². The van der Waals surface area contributed by atoms with E-state index in [0.717, 1.165) is 10.5 Å². The minimum absolute atomic E-state index is 0.345. The maximum atomic E-state index is 9.89. The fourth-order valence-corrected chi connectivity index (χ4v) is 1.79. The van der Waals surface area contributed by atoms with Crippen LogP contribution >= 0.6 is 23.4 Å². The van der Waals surface area contributed by atoms with Gasteiger partial charge in [-0.15, -0.1) is 11.8 Å². The van der Waals surface area contributed by atoms with Gasteiger partial charge in [0.05, 0.1) is 6.54 Å². The number of hydrogen-bond donors (Lipinski definition) is 0. The van der Waals surface area contributed by atoms with E-state index in [4.69, 9.17) is 11.6 Å². The molecular weight excluding hydrogens is 206 g/mol. The van der Waals surface area contributed by atoms with Gasteiger partial charge in [-0.1, -0.05) is 11.6 Å². The van der Waals surface area contributed by atoms with Gasteiger partial charge in [0.25, 0.3) is 0 Å². The highest BCUT2D eigenvalue weighted by Gasteiger charge is 1.97. The second-order valence-electron chi connectivity index (χ2n) is 2.41. The van der Waals surface area contributed by atoms with Crippen molar-refractivity contribution in [1.82, 2.24) is 0 Å². The van der Waals surface area contributed by atoms with Crippen molar-refractivity contribution in [3.8, 4) is 0 Å². The molecule has 1 aromatic rings. The highest BCUT2D eigenvalue weighted by atomic mass is 35.5. The Morgan fingerprint density at radius 1 is 1.54 bits per heavy atom. The number of isocyanates is 1. The Labute approximate surface area is 86.0 Å². The fourth-order valence-electron chi connectivity index (χ4n) is 0.953. The van der Waals surface area contributed by atoms with Crippen molar-refractivity contribution < 1.29 is 4.79 Å². The first-order chi connectivity index (χ1) is 6.26. The molecule has 68 valence electrons. The fraction of sp³-hybridized carbons (Fsp3) is 0.222. The van der Waals surface area contributed by atoms with Gasteiger partial charge in [-0.25, -0.2) is 9.79 Å². The molecule has 13 heavy (non-hydrogen) atoms. The van der Waals surface area contributed by atoms with E-state index in [2.05, 4.69) is 4.99 Å². The summed E-state index contributed by atoms with van der Waals surface area (Å²) in [5.74, 6) is 0. The van der Waals surface area contributed by atoms with Crippen molar-refractivity contribution in [3.05, 3.63) is 28.8 Å². The van der Waals surface area contributed by atoms with Crippen molar-refractivity contribution in [2.75, 3.05) is 6.26 Å². The molecule has 0 aromatic heterocycles. The molecule has 0 atom stereocenters. The zero-order valence-electron chi connectivity index (χ0n) is 7.08. The Kier molecular flexibility index (Phi) is 4.03. The third-order valence-electron chi connectivity index (χ3n) is 1.49. The Bertz CT molecular complexity index is 347. The van der Waals surface area contributed by atoms with Crippen molar-refractivity contribution in [1.29, 1.82) is 0 Å². The summed E-state index contributed by atoms with van der Waals surface area (Å²) < 4.78 is 0. The Balaban J connectivity index is 2.93. The lowest BCUT2D eigenvalue weighted by molar-refractivity contribution is 0.563. The van der Waals surface area contributed by atoms with Crippen LogP contribution in [0, 0.1) is 0 Å². The van der Waals surface area contributed by atoms with Crippen LogP contribution in [0.4, 0.5) is 0 Å². The van der Waals surface area contributed by atoms with Crippen LogP contribution in [0.2, 0.25) is 5.02 Å². The number of halogens is 1. The molecule has 0 unspecified atom stereocenters. The molecule has 0 saturated heterocycles. The predicted molar refractivity (Wildman–Crippen MR) is 55.1 cm³/mol. The SMILES string of the molecule is CSc1cc(Cl)cc(CN=C=O)c1. The van der Waals surface area contributed by atoms with Crippen LogP contribution in [-0.4, -0.2) is 12.3 Å². The van der Waals surface area contributed by atoms with Crippen molar-refractivity contribution >= 4 is 29.4 Å². The van der Waals surface area contributed by atoms with Gasteiger partial charge in [0.2, 0.25) is 6.08 Å². The monoisotopic (exact) mass is 213 g/mol. The van der Waals surface area contributed by atoms with Crippen molar-refractivity contribution in [3.63, 3.8) is 0 Å². The predicted octanol–water partition coefficient (Wildman–Crippen LogP) is 2.90. The van der Waals surface area contributed by atoms with E-state index >= 15 is 0 Å². The number of benzene rings is 1. The van der Waals surface area contributed by atoms with E-state index in [1.165, 1.54) is 6.08 Å². The van der Waals surface area contributed by atoms with Gasteiger partial charge in [-0.3, -0.25) is 0 Å². The van der Waals surface area contributed by atoms with E-state index in [1.807, 2.05) is 18.4 Å². The third-order valence-corrected chi connectivity index (χ3v) is 2.42. The Morgan fingerprint density at radius 2 is 2.31 bits per heavy atom. The second kappa shape index (κ2) is 5.07. The Morgan fingerprint density at radius 3 is 2.92 bits per heavy atom. The smallest absolute Gasteiger partial charge is 0.211 e. The molecule has 0 radical (unpaired) electrons. The molecule has 0 aliphatic carbocycles. The molecule has 0 aliphatic heterocycles. The van der Waals surface area contributed by atoms with Crippen LogP contribution in [0.15, 0.2) is 28.1 Å². The third kappa shape index (κ3) is 3.23. The van der Waals surface area contributed by atoms with E-state index in [0.29, 0.717) is 11.6 Å². The first kappa shape index (κ1) is 10.3. The van der Waals surface area contributed by atoms with Crippen LogP contribution in [0.1, 0.15) is 5.56 Å². The topological polar surface area (TPSA) is 29.4 Å². The minimum atomic E-state index is 0.345. The quantitative estimate of drug-likeness (QED) is 0.439. The Hall–Kier alpha value is -0.760. The minimum Gasteiger partial charge on any atom is -0.211 e. The molecule has 0 saturated carbocycles. The number of thioether (sulfide) groups is 1. The first-order valence-corrected chi connectivity index (χ1v) is 5.23. The lowest BCUT2D eigenvalue weighted by Gasteiger charge is -2.00. The van der Waals surface area contributed by atoms with Crippen LogP contribution in [0.5, 0.6) is 0 Å². The average molecular weight is 214 g/mol. The lowest BCUT2D eigenvalue weighted by atomic mass is 10.2. The second-order valence-corrected chi connectivity index (χ2v) is 3.72. The summed E-state index contributed by atoms with van der Waals surface area (Å²) in [7, 11) is 0. The highest BCUT2D eigenvalue weighted by Crippen LogP contribution is 2.22. The maximum Gasteiger partial charge on any atom is 0.235 e. The van der Waals surface area contributed by atoms with Crippen molar-refractivity contribution in [2.45, 2.75) is 11.4 Å². The van der Waals surface area contributed by atoms with Gasteiger partial charge in [0.15, 0.2) is 0 Å². The average Bonchev–Trinajstić information content (AvgIpc) is 2.14. The molecule has 4 heteroatoms. The van der Waals surface area contributed by atoms with E-state index in [9.17, 15) is 4.79 Å². The highest BCUT2D eigenvalue weighted by molar-refractivity contribution is 7.98. The van der Waals surface area contributed by atoms with E-state index in [-0.39, 0.29) is 0 Å². The lowest BCUT2D eigenvalue weighted by Crippen LogP contribution is -1.82. The summed E-state index contributed by atoms with van der Waals surface area (Å²) in [4.78, 5) is 14.4. The summed E-state index contributed by atoms with van der Waals surface area (Å²) >= 11 is 7.46. The summed E-state index contributed by atoms with van der Waals surface area (Å²) in [6.07, 6.45) is 3.47. The van der Waals surface area contributed by atoms with Gasteiger partial charge < -0.3 is 0 Å². The summed E-state index contributed by atoms with van der Waals surface area (Å²) in [5, 5.41) is 0.669. The van der Waals surface area contributed by atoms with E-state index < -0.39 is 0 Å². The molecular formula is C9H8ClNOS. The van der Waals surface area contributed by atoms with E-state index in [1.54, 1.807) is 17.8 Å². The van der Waals surface area contributed by atoms with Gasteiger partial charge >= 0.3 is 0 Å². The largest absolute Gasteiger partial charge is 0.235 e. The summed E-state index contributed by atoms with van der Waals surface area (Å²) in [6, 6.07) is 5.62. The molecule has 1 aromatic carbocycles. The first-order valence-electron chi connectivity index (χ1n) is 3.63. The van der Waals surface area contributed by atoms with Gasteiger partial charge in [0.1, 0.15) is 0 Å². The normalized spacial score (nSPS) is 9.38. The molecule has 0 amide bonds. The van der Waals surface area contributed by atoms with Crippen LogP contribution in [0.3, 0.4) is 0 Å².